The van der Waals surface area contributed by atoms with E-state index < -0.39 is 0 Å². The molecule has 0 amide bonds. The summed E-state index contributed by atoms with van der Waals surface area (Å²) in [6.07, 6.45) is 1.09. The third kappa shape index (κ3) is 2.34. The van der Waals surface area contributed by atoms with Gasteiger partial charge in [0.25, 0.3) is 0 Å². The van der Waals surface area contributed by atoms with E-state index in [1.54, 1.807) is 0 Å². The Bertz CT molecular complexity index is 899. The monoisotopic (exact) mass is 370 g/mol. The molecular weight excluding hydrogens is 352 g/mol. The van der Waals surface area contributed by atoms with E-state index >= 15 is 0 Å². The number of aryl methyl sites for hydroxylation is 2. The number of benzene rings is 1. The minimum Gasteiger partial charge on any atom is -0.362 e. The molecule has 1 unspecified atom stereocenters. The summed E-state index contributed by atoms with van der Waals surface area (Å²) >= 11 is 3.73. The fourth-order valence-corrected chi connectivity index (χ4v) is 4.16. The van der Waals surface area contributed by atoms with Crippen molar-refractivity contribution < 1.29 is 0 Å². The highest BCUT2D eigenvalue weighted by atomic mass is 79.9. The quantitative estimate of drug-likeness (QED) is 0.681. The van der Waals surface area contributed by atoms with E-state index in [1.807, 2.05) is 6.92 Å². The molecule has 1 aliphatic rings. The van der Waals surface area contributed by atoms with Crippen molar-refractivity contribution >= 4 is 27.4 Å². The van der Waals surface area contributed by atoms with Gasteiger partial charge in [0.05, 0.1) is 12.2 Å². The number of anilines is 1. The van der Waals surface area contributed by atoms with Crippen LogP contribution in [0.15, 0.2) is 34.9 Å². The summed E-state index contributed by atoms with van der Waals surface area (Å²) in [6, 6.07) is 11.2. The van der Waals surface area contributed by atoms with Crippen LogP contribution in [0.25, 0.3) is 5.78 Å². The number of halogens is 1. The maximum absolute atomic E-state index is 4.77. The van der Waals surface area contributed by atoms with E-state index in [1.165, 1.54) is 11.3 Å². The first-order valence-electron chi connectivity index (χ1n) is 7.90. The van der Waals surface area contributed by atoms with Crippen molar-refractivity contribution in [3.63, 3.8) is 0 Å². The number of nitrogens with zero attached hydrogens (tertiary/aromatic N) is 4. The highest BCUT2D eigenvalue weighted by Gasteiger charge is 2.27. The van der Waals surface area contributed by atoms with Crippen molar-refractivity contribution in [3.05, 3.63) is 57.6 Å². The van der Waals surface area contributed by atoms with Gasteiger partial charge in [-0.05, 0) is 60.8 Å². The fraction of sp³-hybridized carbons (Fsp3) is 0.333. The van der Waals surface area contributed by atoms with Crippen molar-refractivity contribution in [1.29, 1.82) is 0 Å². The molecule has 0 fully saturated rings. The molecule has 0 spiro atoms. The van der Waals surface area contributed by atoms with Gasteiger partial charge < -0.3 is 4.90 Å². The van der Waals surface area contributed by atoms with Crippen LogP contribution >= 0.6 is 15.9 Å². The molecule has 1 aliphatic heterocycles. The second kappa shape index (κ2) is 5.34. The summed E-state index contributed by atoms with van der Waals surface area (Å²) in [5, 5.41) is 0. The van der Waals surface area contributed by atoms with Crippen LogP contribution in [-0.4, -0.2) is 20.4 Å². The van der Waals surface area contributed by atoms with Gasteiger partial charge in [-0.2, -0.15) is 0 Å². The van der Waals surface area contributed by atoms with Crippen LogP contribution in [0.5, 0.6) is 0 Å². The third-order valence-electron chi connectivity index (χ3n) is 4.58. The Balaban J connectivity index is 1.77. The molecule has 0 bridgehead atoms. The number of fused-ring (bicyclic) bond motifs is 2. The zero-order chi connectivity index (χ0) is 16.1. The van der Waals surface area contributed by atoms with E-state index in [9.17, 15) is 0 Å². The molecular formula is C18H19BrN4. The molecule has 2 aromatic heterocycles. The number of aromatic nitrogens is 3. The maximum atomic E-state index is 4.77. The lowest BCUT2D eigenvalue weighted by atomic mass is 10.1. The number of para-hydroxylation sites is 1. The highest BCUT2D eigenvalue weighted by molar-refractivity contribution is 9.10. The van der Waals surface area contributed by atoms with Crippen LogP contribution < -0.4 is 4.90 Å². The topological polar surface area (TPSA) is 33.4 Å². The Kier molecular flexibility index (Phi) is 3.41. The van der Waals surface area contributed by atoms with Crippen LogP contribution in [0.2, 0.25) is 0 Å². The molecule has 118 valence electrons. The third-order valence-corrected chi connectivity index (χ3v) is 5.40. The van der Waals surface area contributed by atoms with Gasteiger partial charge in [-0.3, -0.25) is 4.40 Å². The molecule has 0 saturated heterocycles. The minimum atomic E-state index is 0.486. The number of hydrogen-bond donors (Lipinski definition) is 0. The van der Waals surface area contributed by atoms with Gasteiger partial charge in [0.1, 0.15) is 4.60 Å². The summed E-state index contributed by atoms with van der Waals surface area (Å²) in [6.45, 7) is 7.16. The molecule has 1 atom stereocenters. The summed E-state index contributed by atoms with van der Waals surface area (Å²) in [4.78, 5) is 11.8. The second-order valence-electron chi connectivity index (χ2n) is 6.33. The molecule has 23 heavy (non-hydrogen) atoms. The van der Waals surface area contributed by atoms with E-state index in [-0.39, 0.29) is 0 Å². The van der Waals surface area contributed by atoms with Crippen molar-refractivity contribution in [2.24, 2.45) is 0 Å². The molecule has 0 saturated carbocycles. The number of hydrogen-bond acceptors (Lipinski definition) is 3. The van der Waals surface area contributed by atoms with Gasteiger partial charge in [-0.25, -0.2) is 9.97 Å². The lowest BCUT2D eigenvalue weighted by Crippen LogP contribution is -2.28. The zero-order valence-electron chi connectivity index (χ0n) is 13.5. The Hall–Kier alpha value is -1.88. The fourth-order valence-electron chi connectivity index (χ4n) is 3.51. The molecule has 5 heteroatoms. The Morgan fingerprint density at radius 2 is 2.00 bits per heavy atom. The van der Waals surface area contributed by atoms with E-state index in [0.29, 0.717) is 6.04 Å². The standard InChI is InChI=1S/C18H19BrN4/c1-11-8-13(3)23-17(19)15(21-18(23)20-11)10-22-12(2)9-14-6-4-5-7-16(14)22/h4-8,12H,9-10H2,1-3H3. The van der Waals surface area contributed by atoms with Gasteiger partial charge in [-0.1, -0.05) is 18.2 Å². The van der Waals surface area contributed by atoms with Gasteiger partial charge in [-0.15, -0.1) is 0 Å². The SMILES string of the molecule is Cc1cc(C)n2c(Br)c(CN3c4ccccc4CC3C)nc2n1. The van der Waals surface area contributed by atoms with Crippen molar-refractivity contribution in [2.75, 3.05) is 4.90 Å². The van der Waals surface area contributed by atoms with Crippen LogP contribution in [-0.2, 0) is 13.0 Å². The van der Waals surface area contributed by atoms with E-state index in [2.05, 4.69) is 74.4 Å². The largest absolute Gasteiger partial charge is 0.362 e. The van der Waals surface area contributed by atoms with Crippen LogP contribution in [0, 0.1) is 13.8 Å². The van der Waals surface area contributed by atoms with Gasteiger partial charge in [0, 0.05) is 23.1 Å². The van der Waals surface area contributed by atoms with Crippen molar-refractivity contribution in [1.82, 2.24) is 14.4 Å². The molecule has 4 nitrogen and oxygen atoms in total. The summed E-state index contributed by atoms with van der Waals surface area (Å²) in [5.74, 6) is 0.768. The predicted octanol–water partition coefficient (Wildman–Crippen LogP) is 4.06. The number of imidazole rings is 1. The molecule has 4 rings (SSSR count). The Morgan fingerprint density at radius 1 is 1.22 bits per heavy atom. The van der Waals surface area contributed by atoms with Crippen molar-refractivity contribution in [2.45, 2.75) is 39.8 Å². The van der Waals surface area contributed by atoms with Crippen LogP contribution in [0.4, 0.5) is 5.69 Å². The number of rotatable bonds is 2. The minimum absolute atomic E-state index is 0.486. The first-order valence-corrected chi connectivity index (χ1v) is 8.69. The molecule has 1 aromatic carbocycles. The maximum Gasteiger partial charge on any atom is 0.235 e. The highest BCUT2D eigenvalue weighted by Crippen LogP contribution is 2.34. The molecule has 3 aromatic rings. The lowest BCUT2D eigenvalue weighted by molar-refractivity contribution is 0.665. The molecule has 0 radical (unpaired) electrons. The first kappa shape index (κ1) is 14.7. The van der Waals surface area contributed by atoms with E-state index in [4.69, 9.17) is 4.98 Å². The van der Waals surface area contributed by atoms with Gasteiger partial charge in [0.2, 0.25) is 5.78 Å². The first-order chi connectivity index (χ1) is 11.0. The summed E-state index contributed by atoms with van der Waals surface area (Å²) < 4.78 is 3.09. The Morgan fingerprint density at radius 3 is 2.83 bits per heavy atom. The molecule has 0 N–H and O–H groups in total. The Labute approximate surface area is 144 Å². The van der Waals surface area contributed by atoms with E-state index in [0.717, 1.165) is 40.4 Å². The summed E-state index contributed by atoms with van der Waals surface area (Å²) in [5.41, 5.74) is 5.93. The summed E-state index contributed by atoms with van der Waals surface area (Å²) in [7, 11) is 0. The average molecular weight is 371 g/mol. The lowest BCUT2D eigenvalue weighted by Gasteiger charge is -2.24. The smallest absolute Gasteiger partial charge is 0.235 e. The normalized spacial score (nSPS) is 17.0. The predicted molar refractivity (Wildman–Crippen MR) is 96.0 cm³/mol. The van der Waals surface area contributed by atoms with Crippen molar-refractivity contribution in [3.8, 4) is 0 Å². The van der Waals surface area contributed by atoms with Crippen LogP contribution in [0.3, 0.4) is 0 Å². The van der Waals surface area contributed by atoms with Crippen LogP contribution in [0.1, 0.15) is 29.6 Å². The zero-order valence-corrected chi connectivity index (χ0v) is 15.1. The van der Waals surface area contributed by atoms with Gasteiger partial charge in [0.15, 0.2) is 0 Å². The molecule has 3 heterocycles. The van der Waals surface area contributed by atoms with Gasteiger partial charge >= 0.3 is 0 Å². The molecule has 0 aliphatic carbocycles. The second-order valence-corrected chi connectivity index (χ2v) is 7.08. The average Bonchev–Trinajstić information content (AvgIpc) is 2.98.